The normalized spacial score (nSPS) is 15.0. The van der Waals surface area contributed by atoms with Gasteiger partial charge in [0.25, 0.3) is 5.91 Å². The molecule has 2 aromatic carbocycles. The maximum atomic E-state index is 16.5. The summed E-state index contributed by atoms with van der Waals surface area (Å²) >= 11 is 6.32. The fourth-order valence-electron chi connectivity index (χ4n) is 5.26. The first-order chi connectivity index (χ1) is 21.3. The lowest BCUT2D eigenvalue weighted by Crippen LogP contribution is -2.56. The molecule has 5 aromatic rings. The number of piperazine rings is 1. The average Bonchev–Trinajstić information content (AvgIpc) is 3.55. The second kappa shape index (κ2) is 11.8. The van der Waals surface area contributed by atoms with Crippen molar-refractivity contribution in [2.24, 2.45) is 0 Å². The lowest BCUT2D eigenvalue weighted by Gasteiger charge is -2.39. The summed E-state index contributed by atoms with van der Waals surface area (Å²) in [4.78, 5) is 32.2. The standard InChI is InChI=1S/C30H22ClF3N8O2/c1-16(32)29(43)42-11-10-41(14-19(42)12-35-2)28-21-13-36-26(20-5-3-4-17-6-7-22(33)24(31)23(17)20)25(34)27(21)38-30(39-28)44-15-18-8-9-37-40-18/h3-9,13,19H,1,10-12,14-15H2,(H,37,40)/t19-/m0/s1. The van der Waals surface area contributed by atoms with Gasteiger partial charge in [0.1, 0.15) is 35.5 Å². The molecule has 222 valence electrons. The number of ether oxygens (including phenoxy) is 1. The van der Waals surface area contributed by atoms with Crippen molar-refractivity contribution in [1.29, 1.82) is 0 Å². The number of pyridine rings is 1. The second-order valence-corrected chi connectivity index (χ2v) is 10.4. The van der Waals surface area contributed by atoms with Crippen LogP contribution in [0, 0.1) is 18.2 Å². The Labute approximate surface area is 253 Å². The highest BCUT2D eigenvalue weighted by molar-refractivity contribution is 6.36. The predicted molar refractivity (Wildman–Crippen MR) is 158 cm³/mol. The number of nitrogens with zero attached hydrogens (tertiary/aromatic N) is 7. The number of carbonyl (C=O) groups excluding carboxylic acids is 1. The van der Waals surface area contributed by atoms with E-state index in [1.54, 1.807) is 41.4 Å². The van der Waals surface area contributed by atoms with Crippen LogP contribution in [0.25, 0.3) is 37.8 Å². The van der Waals surface area contributed by atoms with Crippen LogP contribution in [0.5, 0.6) is 6.01 Å². The monoisotopic (exact) mass is 618 g/mol. The van der Waals surface area contributed by atoms with Crippen molar-refractivity contribution in [3.8, 4) is 17.3 Å². The SMILES string of the molecule is [C-]#[N+]C[C@H]1CN(c2nc(OCc3ccn[nH]3)nc3c(F)c(-c4cccc5ccc(F)c(Cl)c45)ncc23)CCN1C(=O)C(=C)F. The van der Waals surface area contributed by atoms with Gasteiger partial charge in [-0.05, 0) is 17.5 Å². The predicted octanol–water partition coefficient (Wildman–Crippen LogP) is 5.50. The molecule has 0 saturated carbocycles. The molecule has 6 rings (SSSR count). The largest absolute Gasteiger partial charge is 0.457 e. The molecule has 1 N–H and O–H groups in total. The summed E-state index contributed by atoms with van der Waals surface area (Å²) in [5.41, 5.74) is 0.653. The van der Waals surface area contributed by atoms with E-state index in [2.05, 4.69) is 36.6 Å². The molecule has 1 saturated heterocycles. The first-order valence-electron chi connectivity index (χ1n) is 13.3. The van der Waals surface area contributed by atoms with Crippen LogP contribution in [0.4, 0.5) is 19.0 Å². The summed E-state index contributed by atoms with van der Waals surface area (Å²) in [6.45, 7) is 10.7. The van der Waals surface area contributed by atoms with Crippen molar-refractivity contribution in [2.45, 2.75) is 12.6 Å². The Bertz CT molecular complexity index is 1960. The Morgan fingerprint density at radius 1 is 1.20 bits per heavy atom. The maximum absolute atomic E-state index is 16.5. The molecule has 1 aliphatic heterocycles. The molecule has 14 heteroatoms. The van der Waals surface area contributed by atoms with E-state index in [0.717, 1.165) is 0 Å². The van der Waals surface area contributed by atoms with Crippen LogP contribution in [0.2, 0.25) is 5.02 Å². The molecule has 1 aliphatic rings. The van der Waals surface area contributed by atoms with Gasteiger partial charge in [0, 0.05) is 43.0 Å². The molecule has 0 bridgehead atoms. The number of amides is 1. The number of halogens is 4. The maximum Gasteiger partial charge on any atom is 0.319 e. The molecule has 1 amide bonds. The van der Waals surface area contributed by atoms with E-state index in [-0.39, 0.29) is 71.8 Å². The number of fused-ring (bicyclic) bond motifs is 2. The van der Waals surface area contributed by atoms with Gasteiger partial charge in [-0.15, -0.1) is 0 Å². The average molecular weight is 619 g/mol. The zero-order valence-corrected chi connectivity index (χ0v) is 23.7. The van der Waals surface area contributed by atoms with Crippen molar-refractivity contribution in [3.63, 3.8) is 0 Å². The highest BCUT2D eigenvalue weighted by atomic mass is 35.5. The summed E-state index contributed by atoms with van der Waals surface area (Å²) in [6.07, 6.45) is 2.95. The Morgan fingerprint density at radius 3 is 2.80 bits per heavy atom. The minimum absolute atomic E-state index is 0.00392. The van der Waals surface area contributed by atoms with Crippen LogP contribution < -0.4 is 9.64 Å². The smallest absolute Gasteiger partial charge is 0.319 e. The van der Waals surface area contributed by atoms with Crippen molar-refractivity contribution in [3.05, 3.63) is 95.0 Å². The van der Waals surface area contributed by atoms with E-state index < -0.39 is 29.4 Å². The summed E-state index contributed by atoms with van der Waals surface area (Å²) in [5.74, 6) is -3.24. The molecule has 0 spiro atoms. The van der Waals surface area contributed by atoms with Crippen molar-refractivity contribution >= 4 is 45.0 Å². The molecular formula is C30H22ClF3N8O2. The zero-order chi connectivity index (χ0) is 31.0. The van der Waals surface area contributed by atoms with E-state index in [4.69, 9.17) is 22.9 Å². The molecule has 1 atom stereocenters. The minimum Gasteiger partial charge on any atom is -0.457 e. The van der Waals surface area contributed by atoms with E-state index in [0.29, 0.717) is 16.5 Å². The van der Waals surface area contributed by atoms with Gasteiger partial charge in [-0.1, -0.05) is 42.4 Å². The Morgan fingerprint density at radius 2 is 2.05 bits per heavy atom. The summed E-state index contributed by atoms with van der Waals surface area (Å²) in [5, 5.41) is 7.60. The van der Waals surface area contributed by atoms with Gasteiger partial charge in [-0.3, -0.25) is 14.9 Å². The molecule has 44 heavy (non-hydrogen) atoms. The Hall–Kier alpha value is -5.22. The second-order valence-electron chi connectivity index (χ2n) is 9.99. The van der Waals surface area contributed by atoms with Crippen LogP contribution >= 0.6 is 11.6 Å². The molecular weight excluding hydrogens is 597 g/mol. The molecule has 0 unspecified atom stereocenters. The quantitative estimate of drug-likeness (QED) is 0.190. The Balaban J connectivity index is 1.48. The number of H-pyrrole nitrogens is 1. The van der Waals surface area contributed by atoms with E-state index in [1.165, 1.54) is 17.2 Å². The first-order valence-corrected chi connectivity index (χ1v) is 13.7. The van der Waals surface area contributed by atoms with Crippen molar-refractivity contribution in [2.75, 3.05) is 31.1 Å². The zero-order valence-electron chi connectivity index (χ0n) is 22.9. The topological polar surface area (TPSA) is 104 Å². The highest BCUT2D eigenvalue weighted by Gasteiger charge is 2.35. The van der Waals surface area contributed by atoms with Crippen LogP contribution in [0.3, 0.4) is 0 Å². The minimum atomic E-state index is -1.12. The van der Waals surface area contributed by atoms with Crippen LogP contribution in [-0.4, -0.2) is 68.2 Å². The summed E-state index contributed by atoms with van der Waals surface area (Å²) < 4.78 is 50.5. The first kappa shape index (κ1) is 28.9. The molecule has 10 nitrogen and oxygen atoms in total. The third kappa shape index (κ3) is 5.24. The lowest BCUT2D eigenvalue weighted by atomic mass is 10.0. The van der Waals surface area contributed by atoms with Gasteiger partial charge in [0.05, 0.1) is 16.1 Å². The van der Waals surface area contributed by atoms with Crippen LogP contribution in [-0.2, 0) is 11.4 Å². The van der Waals surface area contributed by atoms with E-state index in [9.17, 15) is 13.6 Å². The molecule has 1 fully saturated rings. The van der Waals surface area contributed by atoms with Gasteiger partial charge in [0.15, 0.2) is 11.6 Å². The van der Waals surface area contributed by atoms with Gasteiger partial charge < -0.3 is 19.4 Å². The number of rotatable bonds is 7. The van der Waals surface area contributed by atoms with Gasteiger partial charge in [-0.25, -0.2) is 19.7 Å². The number of aromatic amines is 1. The summed E-state index contributed by atoms with van der Waals surface area (Å²) in [6, 6.07) is 8.63. The fraction of sp³-hybridized carbons (Fsp3) is 0.200. The highest BCUT2D eigenvalue weighted by Crippen LogP contribution is 2.38. The van der Waals surface area contributed by atoms with Crippen molar-refractivity contribution < 1.29 is 22.7 Å². The van der Waals surface area contributed by atoms with Gasteiger partial charge in [0.2, 0.25) is 6.54 Å². The number of hydrogen-bond acceptors (Lipinski definition) is 7. The number of hydrogen-bond donors (Lipinski definition) is 1. The van der Waals surface area contributed by atoms with E-state index in [1.807, 2.05) is 0 Å². The molecule has 4 heterocycles. The lowest BCUT2D eigenvalue weighted by molar-refractivity contribution is -0.131. The molecule has 0 radical (unpaired) electrons. The number of carbonyl (C=O) groups is 1. The third-order valence-corrected chi connectivity index (χ3v) is 7.70. The van der Waals surface area contributed by atoms with Crippen LogP contribution in [0.15, 0.2) is 61.2 Å². The molecule has 3 aromatic heterocycles. The van der Waals surface area contributed by atoms with Gasteiger partial charge in [-0.2, -0.15) is 15.1 Å². The summed E-state index contributed by atoms with van der Waals surface area (Å²) in [7, 11) is 0. The van der Waals surface area contributed by atoms with Gasteiger partial charge >= 0.3 is 6.01 Å². The number of anilines is 1. The Kier molecular flexibility index (Phi) is 7.75. The number of nitrogens with one attached hydrogen (secondary N) is 1. The molecule has 0 aliphatic carbocycles. The number of benzene rings is 2. The van der Waals surface area contributed by atoms with Crippen LogP contribution in [0.1, 0.15) is 5.69 Å². The fourth-order valence-corrected chi connectivity index (χ4v) is 5.54. The van der Waals surface area contributed by atoms with E-state index >= 15 is 4.39 Å². The third-order valence-electron chi connectivity index (χ3n) is 7.33. The van der Waals surface area contributed by atoms with Crippen molar-refractivity contribution in [1.82, 2.24) is 30.0 Å². The number of aromatic nitrogens is 5.